The Hall–Kier alpha value is -2.41. The van der Waals surface area contributed by atoms with Crippen LogP contribution in [0.25, 0.3) is 0 Å². The van der Waals surface area contributed by atoms with Gasteiger partial charge in [-0.1, -0.05) is 30.3 Å². The van der Waals surface area contributed by atoms with E-state index in [1.807, 2.05) is 53.4 Å². The van der Waals surface area contributed by atoms with Crippen LogP contribution in [0.3, 0.4) is 0 Å². The number of amides is 1. The number of piperidine rings is 1. The van der Waals surface area contributed by atoms with Gasteiger partial charge in [-0.3, -0.25) is 9.69 Å². The lowest BCUT2D eigenvalue weighted by Gasteiger charge is -2.47. The molecule has 1 spiro atoms. The van der Waals surface area contributed by atoms with E-state index in [-0.39, 0.29) is 24.7 Å². The van der Waals surface area contributed by atoms with Gasteiger partial charge in [0.25, 0.3) is 5.91 Å². The first-order valence-electron chi connectivity index (χ1n) is 10.2. The van der Waals surface area contributed by atoms with Gasteiger partial charge in [-0.15, -0.1) is 0 Å². The molecule has 6 nitrogen and oxygen atoms in total. The van der Waals surface area contributed by atoms with Crippen LogP contribution in [-0.4, -0.2) is 61.0 Å². The van der Waals surface area contributed by atoms with Gasteiger partial charge in [-0.05, 0) is 42.7 Å². The number of aliphatic hydroxyl groups excluding tert-OH is 1. The first-order chi connectivity index (χ1) is 14.2. The van der Waals surface area contributed by atoms with Crippen LogP contribution >= 0.6 is 0 Å². The van der Waals surface area contributed by atoms with Gasteiger partial charge in [0.05, 0.1) is 18.8 Å². The Morgan fingerprint density at radius 2 is 1.86 bits per heavy atom. The number of ether oxygens (including phenoxy) is 2. The molecule has 2 aliphatic heterocycles. The van der Waals surface area contributed by atoms with Gasteiger partial charge >= 0.3 is 0 Å². The van der Waals surface area contributed by atoms with Gasteiger partial charge in [0.15, 0.2) is 0 Å². The van der Waals surface area contributed by atoms with Crippen molar-refractivity contribution in [2.24, 2.45) is 0 Å². The van der Waals surface area contributed by atoms with E-state index in [1.54, 1.807) is 0 Å². The number of hydrogen-bond acceptors (Lipinski definition) is 5. The summed E-state index contributed by atoms with van der Waals surface area (Å²) in [6.45, 7) is 3.81. The molecule has 6 heteroatoms. The number of anilines is 1. The molecule has 2 heterocycles. The molecule has 1 amide bonds. The third-order valence-corrected chi connectivity index (χ3v) is 5.75. The van der Waals surface area contributed by atoms with Crippen LogP contribution in [-0.2, 0) is 16.1 Å². The van der Waals surface area contributed by atoms with Crippen molar-refractivity contribution in [3.05, 3.63) is 60.2 Å². The number of hydrogen-bond donors (Lipinski definition) is 1. The highest BCUT2D eigenvalue weighted by atomic mass is 16.5. The lowest BCUT2D eigenvalue weighted by atomic mass is 9.88. The molecule has 0 aliphatic carbocycles. The number of rotatable bonds is 6. The van der Waals surface area contributed by atoms with Gasteiger partial charge in [0.1, 0.15) is 19.0 Å². The molecule has 1 N–H and O–H groups in total. The van der Waals surface area contributed by atoms with Gasteiger partial charge in [0, 0.05) is 25.3 Å². The van der Waals surface area contributed by atoms with Crippen LogP contribution in [0.15, 0.2) is 54.6 Å². The van der Waals surface area contributed by atoms with E-state index < -0.39 is 0 Å². The molecule has 0 saturated carbocycles. The largest absolute Gasteiger partial charge is 0.491 e. The Morgan fingerprint density at radius 1 is 1.07 bits per heavy atom. The average molecular weight is 396 g/mol. The summed E-state index contributed by atoms with van der Waals surface area (Å²) in [5.41, 5.74) is 1.89. The highest BCUT2D eigenvalue weighted by Gasteiger charge is 2.42. The van der Waals surface area contributed by atoms with Crippen LogP contribution in [0.4, 0.5) is 5.69 Å². The molecule has 154 valence electrons. The van der Waals surface area contributed by atoms with Gasteiger partial charge in [0.2, 0.25) is 0 Å². The monoisotopic (exact) mass is 396 g/mol. The van der Waals surface area contributed by atoms with E-state index >= 15 is 0 Å². The standard InChI is InChI=1S/C23H28N2O4/c26-13-14-28-21-8-4-5-19(15-21)16-24-11-9-23(10-12-24)18-25(22(27)17-29-23)20-6-2-1-3-7-20/h1-8,15,26H,9-14,16-18H2. The maximum absolute atomic E-state index is 12.4. The summed E-state index contributed by atoms with van der Waals surface area (Å²) in [4.78, 5) is 16.7. The summed E-state index contributed by atoms with van der Waals surface area (Å²) in [5.74, 6) is 0.821. The molecule has 2 saturated heterocycles. The Balaban J connectivity index is 1.36. The lowest BCUT2D eigenvalue weighted by molar-refractivity contribution is -0.144. The third-order valence-electron chi connectivity index (χ3n) is 5.75. The van der Waals surface area contributed by atoms with Crippen LogP contribution in [0.1, 0.15) is 18.4 Å². The first-order valence-corrected chi connectivity index (χ1v) is 10.2. The number of para-hydroxylation sites is 1. The molecule has 2 aliphatic rings. The second kappa shape index (κ2) is 8.95. The zero-order valence-electron chi connectivity index (χ0n) is 16.6. The quantitative estimate of drug-likeness (QED) is 0.813. The first kappa shape index (κ1) is 19.9. The van der Waals surface area contributed by atoms with Gasteiger partial charge in [-0.25, -0.2) is 0 Å². The summed E-state index contributed by atoms with van der Waals surface area (Å²) < 4.78 is 11.6. The number of likely N-dealkylation sites (tertiary alicyclic amines) is 1. The lowest BCUT2D eigenvalue weighted by Crippen LogP contribution is -2.58. The van der Waals surface area contributed by atoms with E-state index in [0.717, 1.165) is 43.9 Å². The molecule has 2 fully saturated rings. The highest BCUT2D eigenvalue weighted by Crippen LogP contribution is 2.33. The van der Waals surface area contributed by atoms with Crippen molar-refractivity contribution in [3.63, 3.8) is 0 Å². The van der Waals surface area contributed by atoms with E-state index in [9.17, 15) is 4.79 Å². The second-order valence-corrected chi connectivity index (χ2v) is 7.78. The molecular weight excluding hydrogens is 368 g/mol. The molecule has 0 atom stereocenters. The third kappa shape index (κ3) is 4.78. The summed E-state index contributed by atoms with van der Waals surface area (Å²) in [5, 5.41) is 8.92. The Labute approximate surface area is 171 Å². The van der Waals surface area contributed by atoms with E-state index in [4.69, 9.17) is 14.6 Å². The fraction of sp³-hybridized carbons (Fsp3) is 0.435. The molecule has 0 unspecified atom stereocenters. The van der Waals surface area contributed by atoms with Crippen molar-refractivity contribution < 1.29 is 19.4 Å². The summed E-state index contributed by atoms with van der Waals surface area (Å²) >= 11 is 0. The minimum atomic E-state index is -0.258. The Bertz CT molecular complexity index is 819. The minimum Gasteiger partial charge on any atom is -0.491 e. The van der Waals surface area contributed by atoms with Crippen LogP contribution in [0.5, 0.6) is 5.75 Å². The van der Waals surface area contributed by atoms with Crippen molar-refractivity contribution in [2.45, 2.75) is 25.0 Å². The van der Waals surface area contributed by atoms with Crippen molar-refractivity contribution in [3.8, 4) is 5.75 Å². The van der Waals surface area contributed by atoms with E-state index in [1.165, 1.54) is 5.56 Å². The topological polar surface area (TPSA) is 62.2 Å². The summed E-state index contributed by atoms with van der Waals surface area (Å²) in [7, 11) is 0. The summed E-state index contributed by atoms with van der Waals surface area (Å²) in [6.07, 6.45) is 1.81. The Kier molecular flexibility index (Phi) is 6.13. The van der Waals surface area contributed by atoms with Crippen molar-refractivity contribution >= 4 is 11.6 Å². The molecule has 29 heavy (non-hydrogen) atoms. The average Bonchev–Trinajstić information content (AvgIpc) is 2.77. The summed E-state index contributed by atoms with van der Waals surface area (Å²) in [6, 6.07) is 17.9. The number of benzene rings is 2. The Morgan fingerprint density at radius 3 is 2.62 bits per heavy atom. The number of aliphatic hydroxyl groups is 1. The maximum atomic E-state index is 12.4. The van der Waals surface area contributed by atoms with Crippen molar-refractivity contribution in [2.75, 3.05) is 44.4 Å². The maximum Gasteiger partial charge on any atom is 0.253 e. The normalized spacial score (nSPS) is 19.5. The van der Waals surface area contributed by atoms with Crippen molar-refractivity contribution in [1.82, 2.24) is 4.90 Å². The van der Waals surface area contributed by atoms with Gasteiger partial charge < -0.3 is 19.5 Å². The van der Waals surface area contributed by atoms with Crippen molar-refractivity contribution in [1.29, 1.82) is 0 Å². The number of morpholine rings is 1. The molecule has 2 aromatic rings. The highest BCUT2D eigenvalue weighted by molar-refractivity contribution is 5.95. The fourth-order valence-corrected chi connectivity index (χ4v) is 4.13. The predicted octanol–water partition coefficient (Wildman–Crippen LogP) is 2.46. The van der Waals surface area contributed by atoms with Crippen LogP contribution in [0, 0.1) is 0 Å². The molecule has 4 rings (SSSR count). The molecule has 0 bridgehead atoms. The minimum absolute atomic E-state index is 0.0148. The predicted molar refractivity (Wildman–Crippen MR) is 111 cm³/mol. The van der Waals surface area contributed by atoms with Crippen LogP contribution < -0.4 is 9.64 Å². The molecule has 0 aromatic heterocycles. The number of carbonyl (C=O) groups is 1. The second-order valence-electron chi connectivity index (χ2n) is 7.78. The SMILES string of the molecule is O=C1COC2(CCN(Cc3cccc(OCCO)c3)CC2)CN1c1ccccc1. The van der Waals surface area contributed by atoms with E-state index in [0.29, 0.717) is 13.2 Å². The number of carbonyl (C=O) groups excluding carboxylic acids is 1. The van der Waals surface area contributed by atoms with Crippen LogP contribution in [0.2, 0.25) is 0 Å². The molecule has 2 aromatic carbocycles. The smallest absolute Gasteiger partial charge is 0.253 e. The fourth-order valence-electron chi connectivity index (χ4n) is 4.13. The number of nitrogens with zero attached hydrogens (tertiary/aromatic N) is 2. The van der Waals surface area contributed by atoms with E-state index in [2.05, 4.69) is 11.0 Å². The molecular formula is C23H28N2O4. The zero-order valence-corrected chi connectivity index (χ0v) is 16.6. The molecule has 0 radical (unpaired) electrons. The zero-order chi connectivity index (χ0) is 20.1. The van der Waals surface area contributed by atoms with Gasteiger partial charge in [-0.2, -0.15) is 0 Å².